The molecule has 0 aliphatic carbocycles. The molecule has 1 N–H and O–H groups in total. The number of carbonyl (C=O) groups is 1. The highest BCUT2D eigenvalue weighted by Gasteiger charge is 2.32. The van der Waals surface area contributed by atoms with Gasteiger partial charge < -0.3 is 5.32 Å². The molecule has 1 heterocycles. The van der Waals surface area contributed by atoms with E-state index in [0.29, 0.717) is 12.1 Å². The molecular weight excluding hydrogens is 297 g/mol. The number of nitrogens with zero attached hydrogens (tertiary/aromatic N) is 1. The van der Waals surface area contributed by atoms with Crippen molar-refractivity contribution in [3.05, 3.63) is 29.6 Å². The maximum Gasteiger partial charge on any atom is 0.249 e. The van der Waals surface area contributed by atoms with E-state index < -0.39 is 32.4 Å². The van der Waals surface area contributed by atoms with Crippen LogP contribution in [0.5, 0.6) is 0 Å². The van der Waals surface area contributed by atoms with Gasteiger partial charge in [-0.05, 0) is 0 Å². The Morgan fingerprint density at radius 1 is 1.10 bits per heavy atom. The first kappa shape index (κ1) is 14.8. The van der Waals surface area contributed by atoms with Crippen molar-refractivity contribution >= 4 is 15.9 Å². The fourth-order valence-electron chi connectivity index (χ4n) is 1.89. The first-order valence-electron chi connectivity index (χ1n) is 5.74. The molecular formula is C11H11F3N2O3S. The first-order chi connectivity index (χ1) is 9.32. The topological polar surface area (TPSA) is 66.5 Å². The second-order valence-corrected chi connectivity index (χ2v) is 6.08. The van der Waals surface area contributed by atoms with Crippen LogP contribution in [0, 0.1) is 17.5 Å². The number of sulfonamides is 1. The second kappa shape index (κ2) is 5.41. The van der Waals surface area contributed by atoms with Crippen LogP contribution in [-0.2, 0) is 14.8 Å². The van der Waals surface area contributed by atoms with Gasteiger partial charge in [-0.25, -0.2) is 21.6 Å². The number of hydrogen-bond donors (Lipinski definition) is 1. The van der Waals surface area contributed by atoms with E-state index in [1.54, 1.807) is 0 Å². The minimum absolute atomic E-state index is 0.0441. The van der Waals surface area contributed by atoms with Crippen LogP contribution in [0.1, 0.15) is 6.42 Å². The monoisotopic (exact) mass is 308 g/mol. The van der Waals surface area contributed by atoms with Crippen molar-refractivity contribution in [2.24, 2.45) is 0 Å². The summed E-state index contributed by atoms with van der Waals surface area (Å²) < 4.78 is 65.1. The molecule has 0 bridgehead atoms. The summed E-state index contributed by atoms with van der Waals surface area (Å²) in [4.78, 5) is 9.94. The number of carbonyl (C=O) groups excluding carboxylic acids is 1. The molecule has 1 aliphatic heterocycles. The smallest absolute Gasteiger partial charge is 0.249 e. The maximum absolute atomic E-state index is 13.6. The Kier molecular flexibility index (Phi) is 4.00. The summed E-state index contributed by atoms with van der Waals surface area (Å²) in [5, 5.41) is 2.44. The Morgan fingerprint density at radius 3 is 2.30 bits per heavy atom. The van der Waals surface area contributed by atoms with Crippen LogP contribution in [0.15, 0.2) is 17.0 Å². The summed E-state index contributed by atoms with van der Waals surface area (Å²) in [6.45, 7) is -0.253. The van der Waals surface area contributed by atoms with E-state index in [1.165, 1.54) is 0 Å². The Bertz CT molecular complexity index is 625. The van der Waals surface area contributed by atoms with Gasteiger partial charge in [0.15, 0.2) is 4.90 Å². The van der Waals surface area contributed by atoms with Crippen molar-refractivity contribution in [2.75, 3.05) is 19.6 Å². The molecule has 5 nitrogen and oxygen atoms in total. The zero-order valence-corrected chi connectivity index (χ0v) is 11.0. The van der Waals surface area contributed by atoms with Crippen LogP contribution in [-0.4, -0.2) is 38.3 Å². The lowest BCUT2D eigenvalue weighted by Gasteiger charge is -2.19. The molecule has 0 unspecified atom stereocenters. The molecule has 9 heteroatoms. The van der Waals surface area contributed by atoms with Crippen LogP contribution < -0.4 is 5.32 Å². The predicted octanol–water partition coefficient (Wildman–Crippen LogP) is 0.615. The number of amides is 1. The minimum atomic E-state index is -4.46. The Balaban J connectivity index is 2.42. The van der Waals surface area contributed by atoms with Crippen molar-refractivity contribution in [1.82, 2.24) is 9.62 Å². The van der Waals surface area contributed by atoms with Gasteiger partial charge in [-0.3, -0.25) is 4.79 Å². The highest BCUT2D eigenvalue weighted by atomic mass is 32.2. The number of rotatable bonds is 2. The lowest BCUT2D eigenvalue weighted by Crippen LogP contribution is -2.35. The quantitative estimate of drug-likeness (QED) is 0.871. The Labute approximate surface area is 113 Å². The van der Waals surface area contributed by atoms with Crippen molar-refractivity contribution in [3.63, 3.8) is 0 Å². The highest BCUT2D eigenvalue weighted by molar-refractivity contribution is 7.89. The zero-order valence-electron chi connectivity index (χ0n) is 10.2. The molecule has 0 atom stereocenters. The molecule has 1 aromatic carbocycles. The van der Waals surface area contributed by atoms with E-state index in [0.717, 1.165) is 4.31 Å². The predicted molar refractivity (Wildman–Crippen MR) is 62.7 cm³/mol. The highest BCUT2D eigenvalue weighted by Crippen LogP contribution is 2.24. The van der Waals surface area contributed by atoms with Crippen LogP contribution in [0.25, 0.3) is 0 Å². The number of hydrogen-bond acceptors (Lipinski definition) is 3. The lowest BCUT2D eigenvalue weighted by molar-refractivity contribution is -0.120. The molecule has 1 amide bonds. The van der Waals surface area contributed by atoms with Crippen molar-refractivity contribution < 1.29 is 26.4 Å². The Morgan fingerprint density at radius 2 is 1.70 bits per heavy atom. The third kappa shape index (κ3) is 2.78. The number of nitrogens with one attached hydrogen (secondary N) is 1. The molecule has 0 radical (unpaired) electrons. The third-order valence-corrected chi connectivity index (χ3v) is 4.78. The van der Waals surface area contributed by atoms with E-state index in [1.807, 2.05) is 0 Å². The van der Waals surface area contributed by atoms with E-state index >= 15 is 0 Å². The van der Waals surface area contributed by atoms with Gasteiger partial charge in [-0.15, -0.1) is 0 Å². The van der Waals surface area contributed by atoms with Crippen molar-refractivity contribution in [3.8, 4) is 0 Å². The molecule has 0 saturated carbocycles. The van der Waals surface area contributed by atoms with Gasteiger partial charge in [-0.2, -0.15) is 4.31 Å². The minimum Gasteiger partial charge on any atom is -0.355 e. The number of benzene rings is 1. The van der Waals surface area contributed by atoms with Gasteiger partial charge in [0, 0.05) is 38.2 Å². The van der Waals surface area contributed by atoms with Crippen LogP contribution >= 0.6 is 0 Å². The van der Waals surface area contributed by atoms with E-state index in [9.17, 15) is 26.4 Å². The molecule has 1 aromatic rings. The first-order valence-corrected chi connectivity index (χ1v) is 7.18. The van der Waals surface area contributed by atoms with Crippen molar-refractivity contribution in [1.29, 1.82) is 0 Å². The van der Waals surface area contributed by atoms with Crippen molar-refractivity contribution in [2.45, 2.75) is 11.3 Å². The van der Waals surface area contributed by atoms with Gasteiger partial charge in [-0.1, -0.05) is 0 Å². The van der Waals surface area contributed by atoms with E-state index in [2.05, 4.69) is 5.32 Å². The maximum atomic E-state index is 13.6. The average molecular weight is 308 g/mol. The van der Waals surface area contributed by atoms with E-state index in [-0.39, 0.29) is 32.0 Å². The molecule has 1 saturated heterocycles. The largest absolute Gasteiger partial charge is 0.355 e. The average Bonchev–Trinajstić information content (AvgIpc) is 2.52. The van der Waals surface area contributed by atoms with Gasteiger partial charge in [0.25, 0.3) is 0 Å². The van der Waals surface area contributed by atoms with Gasteiger partial charge >= 0.3 is 0 Å². The van der Waals surface area contributed by atoms with Crippen LogP contribution in [0.2, 0.25) is 0 Å². The summed E-state index contributed by atoms with van der Waals surface area (Å²) in [7, 11) is -4.46. The summed E-state index contributed by atoms with van der Waals surface area (Å²) >= 11 is 0. The van der Waals surface area contributed by atoms with Gasteiger partial charge in [0.2, 0.25) is 15.9 Å². The summed E-state index contributed by atoms with van der Waals surface area (Å²) in [5.41, 5.74) is 0. The zero-order chi connectivity index (χ0) is 14.9. The Hall–Kier alpha value is -1.61. The summed E-state index contributed by atoms with van der Waals surface area (Å²) in [6, 6.07) is 0.606. The fraction of sp³-hybridized carbons (Fsp3) is 0.364. The molecule has 110 valence electrons. The normalized spacial score (nSPS) is 17.6. The van der Waals surface area contributed by atoms with Crippen LogP contribution in [0.4, 0.5) is 13.2 Å². The molecule has 1 aliphatic rings. The molecule has 0 spiro atoms. The van der Waals surface area contributed by atoms with Crippen LogP contribution in [0.3, 0.4) is 0 Å². The van der Waals surface area contributed by atoms with Gasteiger partial charge in [0.1, 0.15) is 17.5 Å². The van der Waals surface area contributed by atoms with Gasteiger partial charge in [0.05, 0.1) is 0 Å². The standard InChI is InChI=1S/C11H11F3N2O3S/c12-7-5-8(13)11(9(14)6-7)20(18,19)16-3-1-10(17)15-2-4-16/h5-6H,1-4H2,(H,15,17). The molecule has 0 aromatic heterocycles. The van der Waals surface area contributed by atoms with E-state index in [4.69, 9.17) is 0 Å². The third-order valence-electron chi connectivity index (χ3n) is 2.83. The SMILES string of the molecule is O=C1CCN(S(=O)(=O)c2c(F)cc(F)cc2F)CCN1. The summed E-state index contributed by atoms with van der Waals surface area (Å²) in [5.74, 6) is -4.54. The molecule has 1 fully saturated rings. The number of halogens is 3. The summed E-state index contributed by atoms with van der Waals surface area (Å²) in [6.07, 6.45) is -0.107. The molecule has 20 heavy (non-hydrogen) atoms. The lowest BCUT2D eigenvalue weighted by atomic mass is 10.3. The fourth-order valence-corrected chi connectivity index (χ4v) is 3.42. The second-order valence-electron chi connectivity index (χ2n) is 4.20. The molecule has 2 rings (SSSR count).